The number of nitrogens with one attached hydrogen (secondary N) is 1. The highest BCUT2D eigenvalue weighted by Crippen LogP contribution is 2.15. The SMILES string of the molecule is CCOC(=O)N1CCC(NC(=O)CCc2nc(-c3cccnc3)no2)CC1. The Morgan fingerprint density at radius 1 is 1.37 bits per heavy atom. The summed E-state index contributed by atoms with van der Waals surface area (Å²) in [6.07, 6.45) is 5.12. The number of pyridine rings is 1. The average molecular weight is 373 g/mol. The largest absolute Gasteiger partial charge is 0.450 e. The van der Waals surface area contributed by atoms with Crippen molar-refractivity contribution in [3.63, 3.8) is 0 Å². The van der Waals surface area contributed by atoms with Crippen LogP contribution in [0.2, 0.25) is 0 Å². The molecule has 0 bridgehead atoms. The van der Waals surface area contributed by atoms with Gasteiger partial charge in [0.05, 0.1) is 6.61 Å². The van der Waals surface area contributed by atoms with Gasteiger partial charge < -0.3 is 19.5 Å². The number of likely N-dealkylation sites (tertiary alicyclic amines) is 1. The Morgan fingerprint density at radius 3 is 2.89 bits per heavy atom. The first-order valence-corrected chi connectivity index (χ1v) is 9.09. The molecular formula is C18H23N5O4. The number of piperidine rings is 1. The molecule has 1 aliphatic rings. The lowest BCUT2D eigenvalue weighted by molar-refractivity contribution is -0.122. The first-order chi connectivity index (χ1) is 13.2. The Morgan fingerprint density at radius 2 is 2.19 bits per heavy atom. The molecule has 9 nitrogen and oxygen atoms in total. The normalized spacial score (nSPS) is 14.8. The number of amides is 2. The Balaban J connectivity index is 1.41. The van der Waals surface area contributed by atoms with Crippen molar-refractivity contribution in [2.75, 3.05) is 19.7 Å². The van der Waals surface area contributed by atoms with E-state index in [-0.39, 0.29) is 24.5 Å². The van der Waals surface area contributed by atoms with Crippen LogP contribution in [0.4, 0.5) is 4.79 Å². The van der Waals surface area contributed by atoms with E-state index in [1.54, 1.807) is 30.3 Å². The molecule has 0 aromatic carbocycles. The van der Waals surface area contributed by atoms with Gasteiger partial charge in [0.25, 0.3) is 0 Å². The van der Waals surface area contributed by atoms with Crippen LogP contribution < -0.4 is 5.32 Å². The van der Waals surface area contributed by atoms with Gasteiger partial charge in [-0.25, -0.2) is 4.79 Å². The van der Waals surface area contributed by atoms with Crippen LogP contribution in [-0.4, -0.2) is 57.8 Å². The quantitative estimate of drug-likeness (QED) is 0.822. The molecule has 144 valence electrons. The molecule has 2 aromatic heterocycles. The molecule has 0 unspecified atom stereocenters. The number of aromatic nitrogens is 3. The van der Waals surface area contributed by atoms with E-state index in [1.165, 1.54) is 0 Å². The van der Waals surface area contributed by atoms with Gasteiger partial charge in [-0.2, -0.15) is 4.98 Å². The fourth-order valence-electron chi connectivity index (χ4n) is 2.91. The highest BCUT2D eigenvalue weighted by Gasteiger charge is 2.24. The summed E-state index contributed by atoms with van der Waals surface area (Å²) in [7, 11) is 0. The fraction of sp³-hybridized carbons (Fsp3) is 0.500. The Hall–Kier alpha value is -2.97. The zero-order chi connectivity index (χ0) is 19.1. The van der Waals surface area contributed by atoms with Crippen molar-refractivity contribution in [2.24, 2.45) is 0 Å². The molecule has 1 saturated heterocycles. The summed E-state index contributed by atoms with van der Waals surface area (Å²) in [5, 5.41) is 6.91. The lowest BCUT2D eigenvalue weighted by Crippen LogP contribution is -2.46. The van der Waals surface area contributed by atoms with Gasteiger partial charge in [-0.15, -0.1) is 0 Å². The average Bonchev–Trinajstić information content (AvgIpc) is 3.17. The molecule has 0 aliphatic carbocycles. The number of carbonyl (C=O) groups is 2. The van der Waals surface area contributed by atoms with Crippen molar-refractivity contribution in [2.45, 2.75) is 38.6 Å². The topological polar surface area (TPSA) is 110 Å². The maximum Gasteiger partial charge on any atom is 0.409 e. The minimum absolute atomic E-state index is 0.0642. The van der Waals surface area contributed by atoms with Gasteiger partial charge >= 0.3 is 6.09 Å². The molecule has 9 heteroatoms. The summed E-state index contributed by atoms with van der Waals surface area (Å²) in [4.78, 5) is 33.8. The lowest BCUT2D eigenvalue weighted by Gasteiger charge is -2.31. The molecule has 27 heavy (non-hydrogen) atoms. The van der Waals surface area contributed by atoms with E-state index >= 15 is 0 Å². The van der Waals surface area contributed by atoms with Crippen molar-refractivity contribution < 1.29 is 18.8 Å². The third kappa shape index (κ3) is 5.25. The lowest BCUT2D eigenvalue weighted by atomic mass is 10.1. The Kier molecular flexibility index (Phi) is 6.35. The summed E-state index contributed by atoms with van der Waals surface area (Å²) in [5.74, 6) is 0.816. The van der Waals surface area contributed by atoms with Gasteiger partial charge in [0, 0.05) is 49.9 Å². The molecule has 3 rings (SSSR count). The summed E-state index contributed by atoms with van der Waals surface area (Å²) < 4.78 is 10.2. The monoisotopic (exact) mass is 373 g/mol. The van der Waals surface area contributed by atoms with Gasteiger partial charge in [-0.05, 0) is 31.9 Å². The molecule has 1 aliphatic heterocycles. The van der Waals surface area contributed by atoms with Crippen LogP contribution in [0.25, 0.3) is 11.4 Å². The van der Waals surface area contributed by atoms with E-state index < -0.39 is 0 Å². The molecule has 2 amide bonds. The predicted octanol–water partition coefficient (Wildman–Crippen LogP) is 1.80. The second-order valence-corrected chi connectivity index (χ2v) is 6.28. The highest BCUT2D eigenvalue weighted by molar-refractivity contribution is 5.76. The summed E-state index contributed by atoms with van der Waals surface area (Å²) in [5.41, 5.74) is 0.769. The van der Waals surface area contributed by atoms with Crippen molar-refractivity contribution in [1.29, 1.82) is 0 Å². The van der Waals surface area contributed by atoms with Crippen LogP contribution in [0.1, 0.15) is 32.1 Å². The molecule has 0 spiro atoms. The zero-order valence-electron chi connectivity index (χ0n) is 15.3. The van der Waals surface area contributed by atoms with Crippen molar-refractivity contribution >= 4 is 12.0 Å². The molecule has 0 atom stereocenters. The fourth-order valence-corrected chi connectivity index (χ4v) is 2.91. The number of ether oxygens (including phenoxy) is 1. The third-order valence-electron chi connectivity index (χ3n) is 4.34. The Bertz CT molecular complexity index is 756. The minimum Gasteiger partial charge on any atom is -0.450 e. The maximum absolute atomic E-state index is 12.2. The van der Waals surface area contributed by atoms with Crippen LogP contribution in [0.15, 0.2) is 29.0 Å². The van der Waals surface area contributed by atoms with Crippen LogP contribution in [-0.2, 0) is 16.0 Å². The van der Waals surface area contributed by atoms with Gasteiger partial charge in [-0.3, -0.25) is 9.78 Å². The number of hydrogen-bond acceptors (Lipinski definition) is 7. The van der Waals surface area contributed by atoms with Crippen LogP contribution in [0.5, 0.6) is 0 Å². The van der Waals surface area contributed by atoms with E-state index in [1.807, 2.05) is 6.07 Å². The smallest absolute Gasteiger partial charge is 0.409 e. The first kappa shape index (κ1) is 18.8. The Labute approximate surface area is 157 Å². The molecule has 0 saturated carbocycles. The second kappa shape index (κ2) is 9.11. The molecule has 1 N–H and O–H groups in total. The van der Waals surface area contributed by atoms with Crippen molar-refractivity contribution in [3.8, 4) is 11.4 Å². The molecule has 3 heterocycles. The molecule has 1 fully saturated rings. The molecule has 2 aromatic rings. The van der Waals surface area contributed by atoms with Gasteiger partial charge in [-0.1, -0.05) is 5.16 Å². The molecule has 0 radical (unpaired) electrons. The van der Waals surface area contributed by atoms with E-state index in [4.69, 9.17) is 9.26 Å². The summed E-state index contributed by atoms with van der Waals surface area (Å²) >= 11 is 0. The van der Waals surface area contributed by atoms with Gasteiger partial charge in [0.2, 0.25) is 17.6 Å². The zero-order valence-corrected chi connectivity index (χ0v) is 15.3. The standard InChI is InChI=1S/C18H23N5O4/c1-2-26-18(25)23-10-7-14(8-11-23)20-15(24)5-6-16-21-17(22-27-16)13-4-3-9-19-12-13/h3-4,9,12,14H,2,5-8,10-11H2,1H3,(H,20,24). The summed E-state index contributed by atoms with van der Waals surface area (Å²) in [6.45, 7) is 3.32. The van der Waals surface area contributed by atoms with Crippen LogP contribution in [0, 0.1) is 0 Å². The van der Waals surface area contributed by atoms with Gasteiger partial charge in [0.15, 0.2) is 0 Å². The molecular weight excluding hydrogens is 350 g/mol. The van der Waals surface area contributed by atoms with E-state index in [0.29, 0.717) is 37.8 Å². The van der Waals surface area contributed by atoms with Crippen molar-refractivity contribution in [3.05, 3.63) is 30.4 Å². The summed E-state index contributed by atoms with van der Waals surface area (Å²) in [6, 6.07) is 3.71. The maximum atomic E-state index is 12.2. The third-order valence-corrected chi connectivity index (χ3v) is 4.34. The number of aryl methyl sites for hydroxylation is 1. The predicted molar refractivity (Wildman–Crippen MR) is 95.6 cm³/mol. The highest BCUT2D eigenvalue weighted by atomic mass is 16.6. The number of carbonyl (C=O) groups excluding carboxylic acids is 2. The first-order valence-electron chi connectivity index (χ1n) is 9.09. The van der Waals surface area contributed by atoms with E-state index in [9.17, 15) is 9.59 Å². The van der Waals surface area contributed by atoms with Crippen LogP contribution in [0.3, 0.4) is 0 Å². The second-order valence-electron chi connectivity index (χ2n) is 6.28. The minimum atomic E-state index is -0.289. The number of hydrogen-bond donors (Lipinski definition) is 1. The number of rotatable bonds is 6. The van der Waals surface area contributed by atoms with Crippen molar-refractivity contribution in [1.82, 2.24) is 25.3 Å². The van der Waals surface area contributed by atoms with Crippen LogP contribution >= 0.6 is 0 Å². The number of nitrogens with zero attached hydrogens (tertiary/aromatic N) is 4. The van der Waals surface area contributed by atoms with E-state index in [0.717, 1.165) is 18.4 Å². The van der Waals surface area contributed by atoms with Gasteiger partial charge in [0.1, 0.15) is 0 Å². The van der Waals surface area contributed by atoms with E-state index in [2.05, 4.69) is 20.4 Å².